The first-order valence-electron chi connectivity index (χ1n) is 8.71. The van der Waals surface area contributed by atoms with Crippen molar-refractivity contribution in [2.75, 3.05) is 38.5 Å². The number of amides is 1. The minimum absolute atomic E-state index is 0.0814. The first kappa shape index (κ1) is 18.3. The summed E-state index contributed by atoms with van der Waals surface area (Å²) in [5.74, 6) is -0.171. The molecule has 2 aliphatic rings. The smallest absolute Gasteiger partial charge is 0.243 e. The van der Waals surface area contributed by atoms with Gasteiger partial charge in [-0.3, -0.25) is 4.79 Å². The third-order valence-corrected chi connectivity index (χ3v) is 6.94. The zero-order valence-corrected chi connectivity index (χ0v) is 15.3. The van der Waals surface area contributed by atoms with Gasteiger partial charge in [0, 0.05) is 43.8 Å². The average molecular weight is 366 g/mol. The van der Waals surface area contributed by atoms with E-state index in [4.69, 9.17) is 5.73 Å². The highest BCUT2D eigenvalue weighted by Gasteiger charge is 2.29. The first-order chi connectivity index (χ1) is 11.9. The van der Waals surface area contributed by atoms with Crippen molar-refractivity contribution in [3.05, 3.63) is 24.3 Å². The Kier molecular flexibility index (Phi) is 5.43. The van der Waals surface area contributed by atoms with Gasteiger partial charge in [0.15, 0.2) is 0 Å². The molecular formula is C17H26N4O3S. The number of piperazine rings is 1. The molecule has 1 aliphatic heterocycles. The number of carbonyl (C=O) groups is 1. The van der Waals surface area contributed by atoms with Crippen LogP contribution in [-0.2, 0) is 14.8 Å². The van der Waals surface area contributed by atoms with E-state index < -0.39 is 10.0 Å². The van der Waals surface area contributed by atoms with E-state index in [9.17, 15) is 13.2 Å². The predicted molar refractivity (Wildman–Crippen MR) is 96.6 cm³/mol. The number of sulfonamides is 1. The van der Waals surface area contributed by atoms with Gasteiger partial charge < -0.3 is 16.0 Å². The molecule has 0 spiro atoms. The molecule has 1 aromatic rings. The fourth-order valence-corrected chi connectivity index (χ4v) is 4.88. The molecule has 1 amide bonds. The summed E-state index contributed by atoms with van der Waals surface area (Å²) in [5, 5.41) is 2.84. The van der Waals surface area contributed by atoms with Crippen molar-refractivity contribution in [1.82, 2.24) is 9.21 Å². The molecule has 1 aliphatic carbocycles. The molecule has 1 saturated heterocycles. The van der Waals surface area contributed by atoms with Crippen LogP contribution in [-0.4, -0.2) is 62.8 Å². The Hall–Kier alpha value is -1.48. The van der Waals surface area contributed by atoms with Crippen LogP contribution in [0.3, 0.4) is 0 Å². The van der Waals surface area contributed by atoms with Crippen LogP contribution in [0.25, 0.3) is 0 Å². The Bertz CT molecular complexity index is 729. The van der Waals surface area contributed by atoms with E-state index in [1.54, 1.807) is 24.3 Å². The largest absolute Gasteiger partial charge is 0.328 e. The molecular weight excluding hydrogens is 340 g/mol. The topological polar surface area (TPSA) is 95.7 Å². The van der Waals surface area contributed by atoms with Gasteiger partial charge in [0.2, 0.25) is 15.9 Å². The van der Waals surface area contributed by atoms with Gasteiger partial charge in [-0.2, -0.15) is 4.31 Å². The minimum atomic E-state index is -3.54. The Balaban J connectivity index is 1.71. The minimum Gasteiger partial charge on any atom is -0.328 e. The van der Waals surface area contributed by atoms with Crippen LogP contribution in [0.2, 0.25) is 0 Å². The molecule has 1 aromatic carbocycles. The van der Waals surface area contributed by atoms with Gasteiger partial charge in [-0.05, 0) is 44.5 Å². The van der Waals surface area contributed by atoms with Crippen molar-refractivity contribution in [2.24, 2.45) is 11.7 Å². The number of anilines is 1. The number of benzene rings is 1. The van der Waals surface area contributed by atoms with Crippen molar-refractivity contribution < 1.29 is 13.2 Å². The Labute approximate surface area is 149 Å². The molecule has 1 saturated carbocycles. The Morgan fingerprint density at radius 1 is 1.20 bits per heavy atom. The molecule has 0 bridgehead atoms. The third-order valence-electron chi connectivity index (χ3n) is 5.05. The van der Waals surface area contributed by atoms with Crippen LogP contribution in [0.5, 0.6) is 0 Å². The highest BCUT2D eigenvalue weighted by atomic mass is 32.2. The predicted octanol–water partition coefficient (Wildman–Crippen LogP) is 0.689. The lowest BCUT2D eigenvalue weighted by molar-refractivity contribution is -0.119. The average Bonchev–Trinajstić information content (AvgIpc) is 3.02. The second kappa shape index (κ2) is 7.41. The van der Waals surface area contributed by atoms with Crippen molar-refractivity contribution in [3.8, 4) is 0 Å². The molecule has 0 aromatic heterocycles. The maximum absolute atomic E-state index is 12.8. The molecule has 1 heterocycles. The van der Waals surface area contributed by atoms with Crippen LogP contribution in [0.4, 0.5) is 5.69 Å². The zero-order valence-electron chi connectivity index (χ0n) is 14.5. The molecule has 138 valence electrons. The summed E-state index contributed by atoms with van der Waals surface area (Å²) in [6.45, 7) is 2.40. The van der Waals surface area contributed by atoms with Crippen LogP contribution in [0.1, 0.15) is 19.3 Å². The van der Waals surface area contributed by atoms with Gasteiger partial charge in [-0.15, -0.1) is 0 Å². The van der Waals surface area contributed by atoms with Crippen molar-refractivity contribution in [1.29, 1.82) is 0 Å². The monoisotopic (exact) mass is 366 g/mol. The van der Waals surface area contributed by atoms with E-state index in [0.29, 0.717) is 25.2 Å². The van der Waals surface area contributed by atoms with E-state index in [1.165, 1.54) is 4.31 Å². The zero-order chi connectivity index (χ0) is 18.0. The van der Waals surface area contributed by atoms with Gasteiger partial charge in [-0.1, -0.05) is 6.07 Å². The quantitative estimate of drug-likeness (QED) is 0.817. The number of nitrogens with one attached hydrogen (secondary N) is 1. The second-order valence-electron chi connectivity index (χ2n) is 6.99. The Morgan fingerprint density at radius 2 is 1.92 bits per heavy atom. The van der Waals surface area contributed by atoms with Gasteiger partial charge in [-0.25, -0.2) is 8.42 Å². The SMILES string of the molecule is CN1CCN(S(=O)(=O)c2cccc(NC(=O)C3CCC(N)C3)c2)CC1. The van der Waals surface area contributed by atoms with E-state index in [0.717, 1.165) is 25.9 Å². The number of rotatable bonds is 4. The first-order valence-corrected chi connectivity index (χ1v) is 10.2. The van der Waals surface area contributed by atoms with Crippen LogP contribution < -0.4 is 11.1 Å². The number of likely N-dealkylation sites (N-methyl/N-ethyl adjacent to an activating group) is 1. The van der Waals surface area contributed by atoms with E-state index in [1.807, 2.05) is 7.05 Å². The van der Waals surface area contributed by atoms with E-state index in [2.05, 4.69) is 10.2 Å². The summed E-state index contributed by atoms with van der Waals surface area (Å²) in [4.78, 5) is 14.7. The van der Waals surface area contributed by atoms with Crippen LogP contribution >= 0.6 is 0 Å². The standard InChI is InChI=1S/C17H26N4O3S/c1-20-7-9-21(10-8-20)25(23,24)16-4-2-3-15(12-16)19-17(22)13-5-6-14(18)11-13/h2-4,12-14H,5-11,18H2,1H3,(H,19,22). The maximum Gasteiger partial charge on any atom is 0.243 e. The summed E-state index contributed by atoms with van der Waals surface area (Å²) in [5.41, 5.74) is 6.38. The number of hydrogen-bond donors (Lipinski definition) is 2. The van der Waals surface area contributed by atoms with Crippen molar-refractivity contribution in [2.45, 2.75) is 30.2 Å². The Morgan fingerprint density at radius 3 is 2.56 bits per heavy atom. The van der Waals surface area contributed by atoms with Gasteiger partial charge in [0.05, 0.1) is 4.90 Å². The summed E-state index contributed by atoms with van der Waals surface area (Å²) in [6, 6.07) is 6.59. The normalized spacial score (nSPS) is 25.8. The molecule has 8 heteroatoms. The van der Waals surface area contributed by atoms with Gasteiger partial charge in [0.25, 0.3) is 0 Å². The molecule has 0 radical (unpaired) electrons. The highest BCUT2D eigenvalue weighted by molar-refractivity contribution is 7.89. The number of nitrogens with zero attached hydrogens (tertiary/aromatic N) is 2. The number of nitrogens with two attached hydrogens (primary N) is 1. The van der Waals surface area contributed by atoms with E-state index in [-0.39, 0.29) is 22.8 Å². The lowest BCUT2D eigenvalue weighted by Gasteiger charge is -2.31. The van der Waals surface area contributed by atoms with Crippen molar-refractivity contribution in [3.63, 3.8) is 0 Å². The van der Waals surface area contributed by atoms with Gasteiger partial charge in [0.1, 0.15) is 0 Å². The molecule has 25 heavy (non-hydrogen) atoms. The number of hydrogen-bond acceptors (Lipinski definition) is 5. The lowest BCUT2D eigenvalue weighted by atomic mass is 10.1. The van der Waals surface area contributed by atoms with Crippen molar-refractivity contribution >= 4 is 21.6 Å². The molecule has 7 nitrogen and oxygen atoms in total. The molecule has 3 rings (SSSR count). The molecule has 2 atom stereocenters. The second-order valence-corrected chi connectivity index (χ2v) is 8.93. The summed E-state index contributed by atoms with van der Waals surface area (Å²) < 4.78 is 27.1. The fraction of sp³-hybridized carbons (Fsp3) is 0.588. The molecule has 2 fully saturated rings. The summed E-state index contributed by atoms with van der Waals surface area (Å²) in [7, 11) is -1.56. The van der Waals surface area contributed by atoms with Crippen LogP contribution in [0.15, 0.2) is 29.2 Å². The molecule has 3 N–H and O–H groups in total. The fourth-order valence-electron chi connectivity index (χ4n) is 3.41. The summed E-state index contributed by atoms with van der Waals surface area (Å²) >= 11 is 0. The lowest BCUT2D eigenvalue weighted by Crippen LogP contribution is -2.47. The highest BCUT2D eigenvalue weighted by Crippen LogP contribution is 2.26. The maximum atomic E-state index is 12.8. The number of carbonyl (C=O) groups excluding carboxylic acids is 1. The summed E-state index contributed by atoms with van der Waals surface area (Å²) in [6.07, 6.45) is 2.33. The van der Waals surface area contributed by atoms with Gasteiger partial charge >= 0.3 is 0 Å². The van der Waals surface area contributed by atoms with Crippen LogP contribution in [0, 0.1) is 5.92 Å². The van der Waals surface area contributed by atoms with E-state index >= 15 is 0 Å². The molecule has 2 unspecified atom stereocenters. The third kappa shape index (κ3) is 4.20.